The first-order valence-corrected chi connectivity index (χ1v) is 22.6. The van der Waals surface area contributed by atoms with E-state index in [2.05, 4.69) is 166 Å². The van der Waals surface area contributed by atoms with Crippen LogP contribution in [0.4, 0.5) is 0 Å². The molecule has 2 aromatic heterocycles. The van der Waals surface area contributed by atoms with Gasteiger partial charge in [-0.15, -0.1) is 0 Å². The maximum absolute atomic E-state index is 6.73. The monoisotopic (exact) mass is 845 g/mol. The SMILES string of the molecule is CC1(C)c2ccccc2-c2cc(-c3ccc4c(c3)C3(c5ccccc5Oc5ccccc53)c3ccc(-c5nc(-c6ccccc6)nc(-c6ccc7oc8ccccc8c7c6)n5)cc3-4)ccc21. The first-order chi connectivity index (χ1) is 32.4. The van der Waals surface area contributed by atoms with Gasteiger partial charge in [-0.05, 0) is 110 Å². The molecule has 0 N–H and O–H groups in total. The summed E-state index contributed by atoms with van der Waals surface area (Å²) in [6, 6.07) is 71.3. The molecule has 0 radical (unpaired) electrons. The highest BCUT2D eigenvalue weighted by molar-refractivity contribution is 6.06. The predicted octanol–water partition coefficient (Wildman–Crippen LogP) is 15.2. The van der Waals surface area contributed by atoms with Crippen molar-refractivity contribution in [2.24, 2.45) is 0 Å². The Hall–Kier alpha value is -8.41. The van der Waals surface area contributed by atoms with E-state index in [4.69, 9.17) is 24.1 Å². The van der Waals surface area contributed by atoms with E-state index < -0.39 is 5.41 Å². The minimum absolute atomic E-state index is 0.0647. The Morgan fingerprint density at radius 1 is 0.333 bits per heavy atom. The molecular weight excluding hydrogens is 807 g/mol. The smallest absolute Gasteiger partial charge is 0.164 e. The molecule has 66 heavy (non-hydrogen) atoms. The van der Waals surface area contributed by atoms with Crippen LogP contribution in [0.3, 0.4) is 0 Å². The minimum atomic E-state index is -0.655. The lowest BCUT2D eigenvalue weighted by Gasteiger charge is -2.39. The highest BCUT2D eigenvalue weighted by atomic mass is 16.5. The topological polar surface area (TPSA) is 61.0 Å². The third kappa shape index (κ3) is 5.14. The van der Waals surface area contributed by atoms with Crippen molar-refractivity contribution < 1.29 is 9.15 Å². The van der Waals surface area contributed by atoms with E-state index in [0.29, 0.717) is 17.5 Å². The van der Waals surface area contributed by atoms with Crippen LogP contribution in [0.25, 0.3) is 89.5 Å². The Morgan fingerprint density at radius 2 is 0.848 bits per heavy atom. The van der Waals surface area contributed by atoms with Gasteiger partial charge in [-0.1, -0.05) is 159 Å². The molecule has 11 aromatic rings. The molecule has 3 aliphatic rings. The highest BCUT2D eigenvalue weighted by Gasteiger charge is 2.51. The van der Waals surface area contributed by atoms with Gasteiger partial charge in [0.05, 0.1) is 5.41 Å². The third-order valence-electron chi connectivity index (χ3n) is 14.4. The average molecular weight is 846 g/mol. The van der Waals surface area contributed by atoms with E-state index in [1.807, 2.05) is 48.5 Å². The van der Waals surface area contributed by atoms with Crippen molar-refractivity contribution in [2.75, 3.05) is 0 Å². The van der Waals surface area contributed by atoms with Crippen LogP contribution in [-0.4, -0.2) is 15.0 Å². The van der Waals surface area contributed by atoms with Crippen molar-refractivity contribution in [3.63, 3.8) is 0 Å². The van der Waals surface area contributed by atoms with Gasteiger partial charge in [0.15, 0.2) is 17.5 Å². The number of para-hydroxylation sites is 3. The fourth-order valence-electron chi connectivity index (χ4n) is 11.3. The molecule has 0 atom stereocenters. The van der Waals surface area contributed by atoms with Gasteiger partial charge in [-0.3, -0.25) is 0 Å². The van der Waals surface area contributed by atoms with Crippen LogP contribution in [0.5, 0.6) is 11.5 Å². The summed E-state index contributed by atoms with van der Waals surface area (Å²) in [5, 5.41) is 2.08. The lowest BCUT2D eigenvalue weighted by molar-refractivity contribution is 0.436. The first-order valence-electron chi connectivity index (χ1n) is 22.6. The molecular formula is C61H39N3O2. The van der Waals surface area contributed by atoms with Crippen LogP contribution in [0.1, 0.15) is 47.2 Å². The number of ether oxygens (including phenoxy) is 1. The van der Waals surface area contributed by atoms with E-state index in [1.165, 1.54) is 50.1 Å². The number of furan rings is 1. The van der Waals surface area contributed by atoms with E-state index in [1.54, 1.807) is 0 Å². The van der Waals surface area contributed by atoms with E-state index in [-0.39, 0.29) is 5.41 Å². The van der Waals surface area contributed by atoms with Crippen molar-refractivity contribution in [1.29, 1.82) is 0 Å². The van der Waals surface area contributed by atoms with E-state index in [0.717, 1.165) is 66.8 Å². The lowest BCUT2D eigenvalue weighted by Crippen LogP contribution is -2.32. The zero-order valence-corrected chi connectivity index (χ0v) is 36.2. The van der Waals surface area contributed by atoms with Gasteiger partial charge in [0.25, 0.3) is 0 Å². The van der Waals surface area contributed by atoms with Gasteiger partial charge in [0, 0.05) is 44.0 Å². The van der Waals surface area contributed by atoms with Gasteiger partial charge in [-0.25, -0.2) is 15.0 Å². The molecule has 0 bridgehead atoms. The first kappa shape index (κ1) is 37.0. The van der Waals surface area contributed by atoms with Crippen LogP contribution >= 0.6 is 0 Å². The molecule has 2 aliphatic carbocycles. The molecule has 5 nitrogen and oxygen atoms in total. The van der Waals surface area contributed by atoms with E-state index in [9.17, 15) is 0 Å². The summed E-state index contributed by atoms with van der Waals surface area (Å²) in [4.78, 5) is 15.6. The molecule has 3 heterocycles. The van der Waals surface area contributed by atoms with Gasteiger partial charge >= 0.3 is 0 Å². The molecule has 1 aliphatic heterocycles. The molecule has 0 unspecified atom stereocenters. The zero-order chi connectivity index (χ0) is 43.7. The Bertz CT molecular complexity index is 3800. The van der Waals surface area contributed by atoms with Crippen LogP contribution in [-0.2, 0) is 10.8 Å². The van der Waals surface area contributed by atoms with Crippen molar-refractivity contribution in [3.8, 4) is 79.0 Å². The van der Waals surface area contributed by atoms with Gasteiger partial charge in [-0.2, -0.15) is 0 Å². The molecule has 14 rings (SSSR count). The maximum Gasteiger partial charge on any atom is 0.164 e. The van der Waals surface area contributed by atoms with Gasteiger partial charge in [0.1, 0.15) is 22.7 Å². The molecule has 9 aromatic carbocycles. The molecule has 1 spiro atoms. The predicted molar refractivity (Wildman–Crippen MR) is 264 cm³/mol. The summed E-state index contributed by atoms with van der Waals surface area (Å²) in [6.07, 6.45) is 0. The fourth-order valence-corrected chi connectivity index (χ4v) is 11.3. The number of nitrogens with zero attached hydrogens (tertiary/aromatic N) is 3. The van der Waals surface area contributed by atoms with Crippen LogP contribution in [0.2, 0.25) is 0 Å². The summed E-state index contributed by atoms with van der Waals surface area (Å²) in [7, 11) is 0. The second kappa shape index (κ2) is 13.6. The Kier molecular flexibility index (Phi) is 7.60. The number of fused-ring (bicyclic) bond motifs is 15. The second-order valence-electron chi connectivity index (χ2n) is 18.3. The van der Waals surface area contributed by atoms with Crippen LogP contribution < -0.4 is 4.74 Å². The summed E-state index contributed by atoms with van der Waals surface area (Å²) in [5.74, 6) is 3.53. The Labute approximate surface area is 381 Å². The number of aromatic nitrogens is 3. The number of hydrogen-bond donors (Lipinski definition) is 0. The van der Waals surface area contributed by atoms with Crippen molar-refractivity contribution in [2.45, 2.75) is 24.7 Å². The van der Waals surface area contributed by atoms with Crippen molar-refractivity contribution in [3.05, 3.63) is 234 Å². The zero-order valence-electron chi connectivity index (χ0n) is 36.2. The molecule has 0 fully saturated rings. The van der Waals surface area contributed by atoms with Crippen LogP contribution in [0, 0.1) is 0 Å². The van der Waals surface area contributed by atoms with Gasteiger partial charge in [0.2, 0.25) is 0 Å². The molecule has 5 heteroatoms. The Morgan fingerprint density at radius 3 is 1.64 bits per heavy atom. The highest BCUT2D eigenvalue weighted by Crippen LogP contribution is 2.63. The standard InChI is InChI=1S/C61H39N3O2/c1-60(2)47-18-8-6-16-41(47)44-32-37(25-29-48(44)60)38-24-28-42-45-33-39(26-30-49(45)61(52(42)35-38)50-19-9-12-22-55(50)66-56-23-13-10-20-51(56)61)58-62-57(36-14-4-3-5-15-36)63-59(64-58)40-27-31-54-46(34-40)43-17-7-11-21-53(43)65-54/h3-35H,1-2H3. The summed E-state index contributed by atoms with van der Waals surface area (Å²) >= 11 is 0. The second-order valence-corrected chi connectivity index (χ2v) is 18.3. The Balaban J connectivity index is 0.985. The maximum atomic E-state index is 6.73. The summed E-state index contributed by atoms with van der Waals surface area (Å²) < 4.78 is 12.9. The average Bonchev–Trinajstić information content (AvgIpc) is 3.97. The molecule has 0 saturated heterocycles. The molecule has 310 valence electrons. The summed E-state index contributed by atoms with van der Waals surface area (Å²) in [6.45, 7) is 4.67. The normalized spacial score (nSPS) is 14.3. The lowest BCUT2D eigenvalue weighted by atomic mass is 9.66. The van der Waals surface area contributed by atoms with Crippen molar-refractivity contribution >= 4 is 21.9 Å². The van der Waals surface area contributed by atoms with E-state index >= 15 is 0 Å². The molecule has 0 saturated carbocycles. The quantitative estimate of drug-likeness (QED) is 0.177. The van der Waals surface area contributed by atoms with Gasteiger partial charge < -0.3 is 9.15 Å². The number of hydrogen-bond acceptors (Lipinski definition) is 5. The van der Waals surface area contributed by atoms with Crippen molar-refractivity contribution in [1.82, 2.24) is 15.0 Å². The number of benzene rings is 9. The van der Waals surface area contributed by atoms with Crippen LogP contribution in [0.15, 0.2) is 205 Å². The fraction of sp³-hybridized carbons (Fsp3) is 0.0656. The minimum Gasteiger partial charge on any atom is -0.457 e. The molecule has 0 amide bonds. The third-order valence-corrected chi connectivity index (χ3v) is 14.4. The largest absolute Gasteiger partial charge is 0.457 e. The number of rotatable bonds is 4. The summed E-state index contributed by atoms with van der Waals surface area (Å²) in [5.41, 5.74) is 18.4.